The zero-order valence-corrected chi connectivity index (χ0v) is 24.5. The molecule has 0 radical (unpaired) electrons. The van der Waals surface area contributed by atoms with Gasteiger partial charge in [-0.2, -0.15) is 0 Å². The predicted octanol–water partition coefficient (Wildman–Crippen LogP) is 5.13. The maximum Gasteiger partial charge on any atom is 0.271 e. The summed E-state index contributed by atoms with van der Waals surface area (Å²) >= 11 is 4.73. The number of carbonyl (C=O) groups excluding carboxylic acids is 1. The number of carbonyl (C=O) groups is 1. The number of likely N-dealkylation sites (N-methyl/N-ethyl adjacent to an activating group) is 1. The smallest absolute Gasteiger partial charge is 0.271 e. The first-order valence-electron chi connectivity index (χ1n) is 12.7. The van der Waals surface area contributed by atoms with Crippen molar-refractivity contribution in [3.8, 4) is 17.1 Å². The van der Waals surface area contributed by atoms with Crippen LogP contribution in [0, 0.1) is 0 Å². The number of hydrogen-bond acceptors (Lipinski definition) is 6. The molecule has 0 unspecified atom stereocenters. The van der Waals surface area contributed by atoms with Crippen molar-refractivity contribution in [2.45, 2.75) is 26.8 Å². The van der Waals surface area contributed by atoms with Gasteiger partial charge in [-0.1, -0.05) is 57.6 Å². The van der Waals surface area contributed by atoms with Crippen LogP contribution in [-0.4, -0.2) is 35.6 Å². The fourth-order valence-corrected chi connectivity index (χ4v) is 6.08. The van der Waals surface area contributed by atoms with E-state index >= 15 is 0 Å². The minimum absolute atomic E-state index is 0.142. The first-order chi connectivity index (χ1) is 18.9. The van der Waals surface area contributed by atoms with Crippen LogP contribution in [0.3, 0.4) is 0 Å². The summed E-state index contributed by atoms with van der Waals surface area (Å²) in [6.07, 6.45) is 1.73. The van der Waals surface area contributed by atoms with Crippen LogP contribution in [0.4, 0.5) is 0 Å². The van der Waals surface area contributed by atoms with Gasteiger partial charge in [-0.3, -0.25) is 14.2 Å². The van der Waals surface area contributed by atoms with E-state index in [-0.39, 0.29) is 11.5 Å². The second kappa shape index (κ2) is 11.2. The number of halogens is 1. The minimum Gasteiger partial charge on any atom is -0.496 e. The summed E-state index contributed by atoms with van der Waals surface area (Å²) in [4.78, 5) is 34.7. The molecule has 0 aliphatic carbocycles. The highest BCUT2D eigenvalue weighted by atomic mass is 79.9. The summed E-state index contributed by atoms with van der Waals surface area (Å²) in [7, 11) is 1.59. The summed E-state index contributed by atoms with van der Waals surface area (Å²) < 4.78 is 14.8. The molecule has 4 aromatic rings. The Morgan fingerprint density at radius 1 is 1.13 bits per heavy atom. The van der Waals surface area contributed by atoms with Gasteiger partial charge >= 0.3 is 0 Å². The number of aromatic nitrogens is 1. The molecule has 0 bridgehead atoms. The van der Waals surface area contributed by atoms with Gasteiger partial charge in [0.15, 0.2) is 4.80 Å². The van der Waals surface area contributed by atoms with Crippen molar-refractivity contribution in [2.24, 2.45) is 4.99 Å². The summed E-state index contributed by atoms with van der Waals surface area (Å²) in [5.74, 6) is 1.72. The minimum atomic E-state index is -0.678. The van der Waals surface area contributed by atoms with Crippen LogP contribution < -0.4 is 19.6 Å². The maximum atomic E-state index is 13.9. The van der Waals surface area contributed by atoms with E-state index < -0.39 is 6.04 Å². The number of thiazole rings is 1. The Kier molecular flexibility index (Phi) is 7.72. The fourth-order valence-electron chi connectivity index (χ4n) is 4.79. The number of rotatable bonds is 7. The average Bonchev–Trinajstić information content (AvgIpc) is 3.53. The van der Waals surface area contributed by atoms with Gasteiger partial charge in [0.05, 0.1) is 22.9 Å². The molecule has 2 aromatic heterocycles. The van der Waals surface area contributed by atoms with Crippen LogP contribution in [0.2, 0.25) is 0 Å². The van der Waals surface area contributed by atoms with E-state index in [0.717, 1.165) is 15.6 Å². The average molecular weight is 607 g/mol. The number of amides is 1. The standard InChI is InChI=1S/C30H28BrN3O4S/c1-5-33(6-2)29(36)26-18(3)32-30-34(27(26)22-9-7-8-10-24(22)37-4)28(35)25(39-30)17-21-15-16-23(38-21)19-11-13-20(31)14-12-19/h7-17,27H,5-6H2,1-4H3/b25-17+/t27-/m1/s1. The molecular formula is C30H28BrN3O4S. The molecule has 0 saturated carbocycles. The normalized spacial score (nSPS) is 15.2. The molecule has 0 fully saturated rings. The molecule has 39 heavy (non-hydrogen) atoms. The lowest BCUT2D eigenvalue weighted by Gasteiger charge is -2.29. The van der Waals surface area contributed by atoms with Crippen molar-refractivity contribution in [1.29, 1.82) is 0 Å². The largest absolute Gasteiger partial charge is 0.496 e. The first-order valence-corrected chi connectivity index (χ1v) is 14.3. The van der Waals surface area contributed by atoms with E-state index in [2.05, 4.69) is 15.9 Å². The van der Waals surface area contributed by atoms with E-state index in [9.17, 15) is 9.59 Å². The molecule has 200 valence electrons. The molecule has 2 aromatic carbocycles. The second-order valence-electron chi connectivity index (χ2n) is 9.01. The summed E-state index contributed by atoms with van der Waals surface area (Å²) in [5, 5.41) is 0. The van der Waals surface area contributed by atoms with E-state index in [0.29, 0.717) is 51.0 Å². The van der Waals surface area contributed by atoms with Gasteiger partial charge in [0.25, 0.3) is 11.5 Å². The van der Waals surface area contributed by atoms with Crippen molar-refractivity contribution in [1.82, 2.24) is 9.47 Å². The van der Waals surface area contributed by atoms with Gasteiger partial charge < -0.3 is 14.1 Å². The zero-order valence-electron chi connectivity index (χ0n) is 22.1. The lowest BCUT2D eigenvalue weighted by molar-refractivity contribution is -0.127. The lowest BCUT2D eigenvalue weighted by Crippen LogP contribution is -2.43. The molecular weight excluding hydrogens is 578 g/mol. The molecule has 3 heterocycles. The first kappa shape index (κ1) is 26.9. The summed E-state index contributed by atoms with van der Waals surface area (Å²) in [6.45, 7) is 6.81. The number of furan rings is 1. The van der Waals surface area contributed by atoms with E-state index in [1.165, 1.54) is 11.3 Å². The van der Waals surface area contributed by atoms with Crippen LogP contribution in [-0.2, 0) is 4.79 Å². The van der Waals surface area contributed by atoms with Crippen LogP contribution in [0.5, 0.6) is 5.75 Å². The quantitative estimate of drug-likeness (QED) is 0.292. The second-order valence-corrected chi connectivity index (χ2v) is 10.9. The van der Waals surface area contributed by atoms with E-state index in [4.69, 9.17) is 14.1 Å². The molecule has 5 rings (SSSR count). The molecule has 7 nitrogen and oxygen atoms in total. The Morgan fingerprint density at radius 3 is 2.54 bits per heavy atom. The van der Waals surface area contributed by atoms with Crippen LogP contribution in [0.25, 0.3) is 17.4 Å². The summed E-state index contributed by atoms with van der Waals surface area (Å²) in [6, 6.07) is 18.4. The zero-order chi connectivity index (χ0) is 27.7. The molecule has 0 spiro atoms. The monoisotopic (exact) mass is 605 g/mol. The Bertz CT molecular complexity index is 1740. The molecule has 0 saturated heterocycles. The third kappa shape index (κ3) is 5.04. The molecule has 0 N–H and O–H groups in total. The summed E-state index contributed by atoms with van der Waals surface area (Å²) in [5.41, 5.74) is 2.48. The number of benzene rings is 2. The Morgan fingerprint density at radius 2 is 1.85 bits per heavy atom. The number of methoxy groups -OCH3 is 1. The van der Waals surface area contributed by atoms with Crippen LogP contribution >= 0.6 is 27.3 Å². The van der Waals surface area contributed by atoms with Gasteiger partial charge in [0.2, 0.25) is 0 Å². The number of fused-ring (bicyclic) bond motifs is 1. The van der Waals surface area contributed by atoms with Crippen molar-refractivity contribution in [2.75, 3.05) is 20.2 Å². The van der Waals surface area contributed by atoms with Crippen molar-refractivity contribution >= 4 is 39.2 Å². The molecule has 9 heteroatoms. The topological polar surface area (TPSA) is 77.0 Å². The Labute approximate surface area is 238 Å². The van der Waals surface area contributed by atoms with Crippen LogP contribution in [0.1, 0.15) is 38.1 Å². The van der Waals surface area contributed by atoms with Crippen LogP contribution in [0.15, 0.2) is 90.6 Å². The fraction of sp³-hybridized carbons (Fsp3) is 0.233. The van der Waals surface area contributed by atoms with Gasteiger partial charge in [-0.25, -0.2) is 4.99 Å². The van der Waals surface area contributed by atoms with Gasteiger partial charge in [-0.05, 0) is 51.1 Å². The van der Waals surface area contributed by atoms with Crippen molar-refractivity contribution in [3.05, 3.63) is 107 Å². The highest BCUT2D eigenvalue weighted by Gasteiger charge is 2.35. The number of hydrogen-bond donors (Lipinski definition) is 0. The Hall–Kier alpha value is -3.69. The molecule has 1 atom stereocenters. The van der Waals surface area contributed by atoms with Gasteiger partial charge in [-0.15, -0.1) is 0 Å². The van der Waals surface area contributed by atoms with Gasteiger partial charge in [0, 0.05) is 34.8 Å². The number of ether oxygens (including phenoxy) is 1. The predicted molar refractivity (Wildman–Crippen MR) is 157 cm³/mol. The third-order valence-corrected chi connectivity index (χ3v) is 8.28. The molecule has 1 aliphatic heterocycles. The number of para-hydroxylation sites is 1. The van der Waals surface area contributed by atoms with E-state index in [1.807, 2.05) is 81.4 Å². The van der Waals surface area contributed by atoms with Gasteiger partial charge in [0.1, 0.15) is 23.3 Å². The third-order valence-electron chi connectivity index (χ3n) is 6.77. The molecule has 1 aliphatic rings. The van der Waals surface area contributed by atoms with E-state index in [1.54, 1.807) is 22.7 Å². The highest BCUT2D eigenvalue weighted by molar-refractivity contribution is 9.10. The maximum absolute atomic E-state index is 13.9. The molecule has 1 amide bonds. The number of nitrogens with zero attached hydrogens (tertiary/aromatic N) is 3. The lowest BCUT2D eigenvalue weighted by atomic mass is 9.94. The van der Waals surface area contributed by atoms with Crippen molar-refractivity contribution in [3.63, 3.8) is 0 Å². The highest BCUT2D eigenvalue weighted by Crippen LogP contribution is 2.36. The SMILES string of the molecule is CCN(CC)C(=O)C1=C(C)N=c2s/c(=C/c3ccc(-c4ccc(Br)cc4)o3)c(=O)n2[C@@H]1c1ccccc1OC. The number of allylic oxidation sites excluding steroid dienone is 1. The Balaban J connectivity index is 1.67. The van der Waals surface area contributed by atoms with Crippen molar-refractivity contribution < 1.29 is 13.9 Å².